The molecule has 2 unspecified atom stereocenters. The van der Waals surface area contributed by atoms with Crippen molar-refractivity contribution in [1.82, 2.24) is 20.0 Å². The molecule has 2 aliphatic heterocycles. The van der Waals surface area contributed by atoms with Crippen LogP contribution in [0.1, 0.15) is 32.1 Å². The van der Waals surface area contributed by atoms with E-state index in [1.54, 1.807) is 0 Å². The number of nitrogens with one attached hydrogen (secondary N) is 2. The van der Waals surface area contributed by atoms with Crippen molar-refractivity contribution in [1.29, 1.82) is 0 Å². The van der Waals surface area contributed by atoms with Crippen molar-refractivity contribution in [3.8, 4) is 0 Å². The van der Waals surface area contributed by atoms with Crippen LogP contribution in [0.4, 0.5) is 23.7 Å². The monoisotopic (exact) mass is 345 g/mol. The Morgan fingerprint density at radius 1 is 1.33 bits per heavy atom. The van der Waals surface area contributed by atoms with Crippen LogP contribution >= 0.6 is 0 Å². The van der Waals surface area contributed by atoms with Crippen LogP contribution in [0.3, 0.4) is 0 Å². The van der Waals surface area contributed by atoms with Crippen molar-refractivity contribution in [2.75, 3.05) is 12.4 Å². The number of aromatic nitrogens is 2. The Morgan fingerprint density at radius 2 is 2.00 bits per heavy atom. The number of carbonyl (C=O) groups is 1. The van der Waals surface area contributed by atoms with Crippen molar-refractivity contribution in [2.45, 2.75) is 63.0 Å². The van der Waals surface area contributed by atoms with Crippen LogP contribution in [0.2, 0.25) is 0 Å². The summed E-state index contributed by atoms with van der Waals surface area (Å²) in [6.45, 7) is -1.17. The van der Waals surface area contributed by atoms with Gasteiger partial charge in [0.05, 0.1) is 11.9 Å². The molecule has 0 radical (unpaired) electrons. The number of amides is 2. The van der Waals surface area contributed by atoms with E-state index >= 15 is 0 Å². The van der Waals surface area contributed by atoms with Gasteiger partial charge in [-0.15, -0.1) is 0 Å². The quantitative estimate of drug-likeness (QED) is 0.885. The zero-order valence-electron chi connectivity index (χ0n) is 13.5. The number of rotatable bonds is 3. The Balaban J connectivity index is 1.51. The van der Waals surface area contributed by atoms with Gasteiger partial charge in [0.15, 0.2) is 0 Å². The standard InChI is InChI=1S/C15H22F3N5O/c1-22-12-3-2-4-13(22)6-10(5-12)20-14(24)21-11-7-19-23(8-11)9-15(16,17)18/h7-8,10,12-13H,2-6,9H2,1H3,(H2,20,21,24). The van der Waals surface area contributed by atoms with Gasteiger partial charge < -0.3 is 15.5 Å². The molecule has 2 saturated heterocycles. The average Bonchev–Trinajstić information content (AvgIpc) is 2.84. The third kappa shape index (κ3) is 4.19. The molecular weight excluding hydrogens is 323 g/mol. The number of alkyl halides is 3. The van der Waals surface area contributed by atoms with Gasteiger partial charge in [-0.05, 0) is 32.7 Å². The summed E-state index contributed by atoms with van der Waals surface area (Å²) < 4.78 is 37.7. The van der Waals surface area contributed by atoms with E-state index in [0.717, 1.165) is 30.4 Å². The van der Waals surface area contributed by atoms with Crippen LogP contribution in [-0.2, 0) is 6.54 Å². The van der Waals surface area contributed by atoms with Crippen LogP contribution in [-0.4, -0.2) is 52.1 Å². The molecule has 2 fully saturated rings. The smallest absolute Gasteiger partial charge is 0.335 e. The molecule has 1 aromatic heterocycles. The van der Waals surface area contributed by atoms with Crippen LogP contribution in [0.5, 0.6) is 0 Å². The summed E-state index contributed by atoms with van der Waals surface area (Å²) >= 11 is 0. The molecule has 1 aromatic rings. The molecule has 2 amide bonds. The minimum absolute atomic E-state index is 0.0988. The second-order valence-electron chi connectivity index (χ2n) is 6.71. The Hall–Kier alpha value is -1.77. The number of anilines is 1. The number of fused-ring (bicyclic) bond motifs is 2. The number of piperidine rings is 2. The summed E-state index contributed by atoms with van der Waals surface area (Å²) in [6, 6.07) is 0.700. The summed E-state index contributed by atoms with van der Waals surface area (Å²) in [5, 5.41) is 9.10. The predicted molar refractivity (Wildman–Crippen MR) is 82.6 cm³/mol. The third-order valence-electron chi connectivity index (χ3n) is 4.91. The number of hydrogen-bond acceptors (Lipinski definition) is 3. The molecule has 6 nitrogen and oxygen atoms in total. The van der Waals surface area contributed by atoms with Crippen LogP contribution in [0.15, 0.2) is 12.4 Å². The SMILES string of the molecule is CN1C2CCCC1CC(NC(=O)Nc1cnn(CC(F)(F)F)c1)C2. The van der Waals surface area contributed by atoms with Gasteiger partial charge in [0, 0.05) is 24.3 Å². The fraction of sp³-hybridized carbons (Fsp3) is 0.733. The van der Waals surface area contributed by atoms with Crippen molar-refractivity contribution in [2.24, 2.45) is 0 Å². The maximum absolute atomic E-state index is 12.3. The minimum atomic E-state index is -4.34. The lowest BCUT2D eigenvalue weighted by Crippen LogP contribution is -2.55. The van der Waals surface area contributed by atoms with E-state index in [4.69, 9.17) is 0 Å². The van der Waals surface area contributed by atoms with Gasteiger partial charge in [-0.25, -0.2) is 4.79 Å². The highest BCUT2D eigenvalue weighted by Crippen LogP contribution is 2.32. The lowest BCUT2D eigenvalue weighted by atomic mass is 9.82. The maximum Gasteiger partial charge on any atom is 0.408 e. The van der Waals surface area contributed by atoms with Gasteiger partial charge in [0.25, 0.3) is 0 Å². The highest BCUT2D eigenvalue weighted by molar-refractivity contribution is 5.89. The first kappa shape index (κ1) is 17.1. The highest BCUT2D eigenvalue weighted by Gasteiger charge is 2.36. The summed E-state index contributed by atoms with van der Waals surface area (Å²) in [6.07, 6.45) is 3.41. The predicted octanol–water partition coefficient (Wildman–Crippen LogP) is 2.58. The van der Waals surface area contributed by atoms with Crippen LogP contribution < -0.4 is 10.6 Å². The zero-order valence-corrected chi connectivity index (χ0v) is 13.5. The van der Waals surface area contributed by atoms with Crippen molar-refractivity contribution in [3.63, 3.8) is 0 Å². The minimum Gasteiger partial charge on any atom is -0.335 e. The first-order valence-corrected chi connectivity index (χ1v) is 8.19. The number of nitrogens with zero attached hydrogens (tertiary/aromatic N) is 3. The van der Waals surface area contributed by atoms with Gasteiger partial charge in [-0.1, -0.05) is 6.42 Å². The Labute approximate surface area is 138 Å². The van der Waals surface area contributed by atoms with E-state index in [1.165, 1.54) is 18.8 Å². The normalized spacial score (nSPS) is 27.8. The molecule has 9 heteroatoms. The summed E-state index contributed by atoms with van der Waals surface area (Å²) in [5.41, 5.74) is 0.255. The van der Waals surface area contributed by atoms with E-state index in [0.29, 0.717) is 12.1 Å². The number of urea groups is 1. The van der Waals surface area contributed by atoms with Gasteiger partial charge in [-0.2, -0.15) is 18.3 Å². The lowest BCUT2D eigenvalue weighted by molar-refractivity contribution is -0.142. The molecule has 3 heterocycles. The molecule has 2 atom stereocenters. The van der Waals surface area contributed by atoms with Crippen molar-refractivity contribution >= 4 is 11.7 Å². The van der Waals surface area contributed by atoms with Crippen LogP contribution in [0, 0.1) is 0 Å². The topological polar surface area (TPSA) is 62.2 Å². The van der Waals surface area contributed by atoms with Gasteiger partial charge >= 0.3 is 12.2 Å². The molecule has 3 rings (SSSR count). The maximum atomic E-state index is 12.3. The third-order valence-corrected chi connectivity index (χ3v) is 4.91. The Bertz CT molecular complexity index is 574. The van der Waals surface area contributed by atoms with E-state index < -0.39 is 18.8 Å². The second-order valence-corrected chi connectivity index (χ2v) is 6.71. The molecule has 2 bridgehead atoms. The summed E-state index contributed by atoms with van der Waals surface area (Å²) in [7, 11) is 2.14. The summed E-state index contributed by atoms with van der Waals surface area (Å²) in [4.78, 5) is 14.5. The van der Waals surface area contributed by atoms with Crippen molar-refractivity contribution < 1.29 is 18.0 Å². The largest absolute Gasteiger partial charge is 0.408 e. The molecule has 2 aliphatic rings. The molecule has 2 N–H and O–H groups in total. The highest BCUT2D eigenvalue weighted by atomic mass is 19.4. The molecular formula is C15H22F3N5O. The Morgan fingerprint density at radius 3 is 2.62 bits per heavy atom. The van der Waals surface area contributed by atoms with E-state index in [-0.39, 0.29) is 11.7 Å². The number of carbonyl (C=O) groups excluding carboxylic acids is 1. The van der Waals surface area contributed by atoms with E-state index in [2.05, 4.69) is 27.7 Å². The van der Waals surface area contributed by atoms with Crippen LogP contribution in [0.25, 0.3) is 0 Å². The molecule has 0 aliphatic carbocycles. The molecule has 24 heavy (non-hydrogen) atoms. The fourth-order valence-corrected chi connectivity index (χ4v) is 3.78. The van der Waals surface area contributed by atoms with Gasteiger partial charge in [-0.3, -0.25) is 4.68 Å². The van der Waals surface area contributed by atoms with Gasteiger partial charge in [0.2, 0.25) is 0 Å². The van der Waals surface area contributed by atoms with E-state index in [9.17, 15) is 18.0 Å². The van der Waals surface area contributed by atoms with Gasteiger partial charge in [0.1, 0.15) is 6.54 Å². The van der Waals surface area contributed by atoms with Crippen molar-refractivity contribution in [3.05, 3.63) is 12.4 Å². The Kier molecular flexibility index (Phi) is 4.71. The zero-order chi connectivity index (χ0) is 17.3. The second kappa shape index (κ2) is 6.62. The first-order chi connectivity index (χ1) is 11.3. The van der Waals surface area contributed by atoms with E-state index in [1.807, 2.05) is 0 Å². The molecule has 0 aromatic carbocycles. The molecule has 0 spiro atoms. The summed E-state index contributed by atoms with van der Waals surface area (Å²) in [5.74, 6) is 0. The average molecular weight is 345 g/mol. The first-order valence-electron chi connectivity index (χ1n) is 8.19. The molecule has 134 valence electrons. The fourth-order valence-electron chi connectivity index (χ4n) is 3.78. The number of halogens is 3. The molecule has 0 saturated carbocycles. The number of hydrogen-bond donors (Lipinski definition) is 2. The lowest BCUT2D eigenvalue weighted by Gasteiger charge is -2.47.